The molecule has 0 aromatic heterocycles. The monoisotopic (exact) mass is 369 g/mol. The van der Waals surface area contributed by atoms with Gasteiger partial charge >= 0.3 is 6.09 Å². The molecule has 1 heterocycles. The lowest BCUT2D eigenvalue weighted by Gasteiger charge is -2.43. The van der Waals surface area contributed by atoms with E-state index in [0.717, 1.165) is 5.56 Å². The molecule has 2 atom stereocenters. The molecule has 0 saturated carbocycles. The predicted octanol–water partition coefficient (Wildman–Crippen LogP) is 3.66. The van der Waals surface area contributed by atoms with E-state index in [-0.39, 0.29) is 18.7 Å². The third kappa shape index (κ3) is 5.87. The normalized spacial score (nSPS) is 22.0. The number of carbonyl (C=O) groups is 1. The first-order valence-corrected chi connectivity index (χ1v) is 8.91. The van der Waals surface area contributed by atoms with Gasteiger partial charge in [0.1, 0.15) is 11.7 Å². The molecule has 1 aromatic rings. The van der Waals surface area contributed by atoms with Gasteiger partial charge in [0.25, 0.3) is 0 Å². The second-order valence-electron chi connectivity index (χ2n) is 8.09. The summed E-state index contributed by atoms with van der Waals surface area (Å²) in [6.07, 6.45) is -0.208. The van der Waals surface area contributed by atoms with Crippen molar-refractivity contribution in [1.82, 2.24) is 4.90 Å². The van der Waals surface area contributed by atoms with Crippen molar-refractivity contribution >= 4 is 17.7 Å². The van der Waals surface area contributed by atoms with Gasteiger partial charge in [0.15, 0.2) is 0 Å². The van der Waals surface area contributed by atoms with Gasteiger partial charge in [-0.15, -0.1) is 0 Å². The van der Waals surface area contributed by atoms with Gasteiger partial charge in [-0.1, -0.05) is 23.7 Å². The van der Waals surface area contributed by atoms with Crippen LogP contribution in [0.1, 0.15) is 40.2 Å². The van der Waals surface area contributed by atoms with Crippen LogP contribution in [0.3, 0.4) is 0 Å². The van der Waals surface area contributed by atoms with Crippen LogP contribution < -0.4 is 0 Å². The fourth-order valence-electron chi connectivity index (χ4n) is 2.73. The largest absolute Gasteiger partial charge is 0.444 e. The molecule has 25 heavy (non-hydrogen) atoms. The smallest absolute Gasteiger partial charge is 0.410 e. The maximum atomic E-state index is 12.7. The number of hydrogen-bond donors (Lipinski definition) is 1. The predicted molar refractivity (Wildman–Crippen MR) is 97.9 cm³/mol. The SMILES string of the molecule is CC(C)(C)OC(=O)N1CC(C(C)(C)O)OC[C@@H]1Cc1ccc(Cl)cc1. The Balaban J connectivity index is 2.17. The number of halogens is 1. The van der Waals surface area contributed by atoms with E-state index in [9.17, 15) is 9.90 Å². The van der Waals surface area contributed by atoms with E-state index in [4.69, 9.17) is 21.1 Å². The van der Waals surface area contributed by atoms with E-state index in [1.807, 2.05) is 45.0 Å². The van der Waals surface area contributed by atoms with E-state index < -0.39 is 17.3 Å². The minimum atomic E-state index is -1.04. The van der Waals surface area contributed by atoms with Crippen LogP contribution in [0.15, 0.2) is 24.3 Å². The highest BCUT2D eigenvalue weighted by molar-refractivity contribution is 6.30. The number of hydrogen-bond acceptors (Lipinski definition) is 4. The van der Waals surface area contributed by atoms with Crippen molar-refractivity contribution in [1.29, 1.82) is 0 Å². The van der Waals surface area contributed by atoms with Gasteiger partial charge in [0.05, 0.1) is 24.8 Å². The molecule has 0 bridgehead atoms. The topological polar surface area (TPSA) is 59.0 Å². The van der Waals surface area contributed by atoms with E-state index in [0.29, 0.717) is 18.1 Å². The molecule has 1 N–H and O–H groups in total. The van der Waals surface area contributed by atoms with E-state index in [2.05, 4.69) is 0 Å². The Labute approximate surface area is 154 Å². The molecule has 1 saturated heterocycles. The summed E-state index contributed by atoms with van der Waals surface area (Å²) in [6.45, 7) is 9.52. The number of ether oxygens (including phenoxy) is 2. The first-order valence-electron chi connectivity index (χ1n) is 8.54. The molecule has 0 spiro atoms. The van der Waals surface area contributed by atoms with Gasteiger partial charge in [0, 0.05) is 5.02 Å². The van der Waals surface area contributed by atoms with Crippen LogP contribution in [0, 0.1) is 0 Å². The molecular formula is C19H28ClNO4. The van der Waals surface area contributed by atoms with Crippen LogP contribution in [0.4, 0.5) is 4.79 Å². The summed E-state index contributed by atoms with van der Waals surface area (Å²) in [5.74, 6) is 0. The number of aliphatic hydroxyl groups is 1. The summed E-state index contributed by atoms with van der Waals surface area (Å²) in [5, 5.41) is 10.9. The van der Waals surface area contributed by atoms with Crippen molar-refractivity contribution in [3.05, 3.63) is 34.9 Å². The summed E-state index contributed by atoms with van der Waals surface area (Å²) < 4.78 is 11.4. The van der Waals surface area contributed by atoms with Gasteiger partial charge in [0.2, 0.25) is 0 Å². The van der Waals surface area contributed by atoms with E-state index in [1.54, 1.807) is 18.7 Å². The van der Waals surface area contributed by atoms with Crippen LogP contribution in [0.5, 0.6) is 0 Å². The minimum Gasteiger partial charge on any atom is -0.444 e. The molecule has 1 aliphatic rings. The fourth-order valence-corrected chi connectivity index (χ4v) is 2.86. The highest BCUT2D eigenvalue weighted by Crippen LogP contribution is 2.25. The number of benzene rings is 1. The van der Waals surface area contributed by atoms with Crippen LogP contribution in [-0.2, 0) is 15.9 Å². The highest BCUT2D eigenvalue weighted by atomic mass is 35.5. The zero-order valence-corrected chi connectivity index (χ0v) is 16.3. The fraction of sp³-hybridized carbons (Fsp3) is 0.632. The molecule has 6 heteroatoms. The molecule has 140 valence electrons. The lowest BCUT2D eigenvalue weighted by molar-refractivity contribution is -0.141. The van der Waals surface area contributed by atoms with Gasteiger partial charge in [-0.3, -0.25) is 4.90 Å². The molecule has 0 aliphatic carbocycles. The zero-order chi connectivity index (χ0) is 18.8. The number of rotatable bonds is 3. The van der Waals surface area contributed by atoms with Crippen molar-refractivity contribution in [2.75, 3.05) is 13.2 Å². The van der Waals surface area contributed by atoms with Gasteiger partial charge in [-0.2, -0.15) is 0 Å². The number of amides is 1. The first-order chi connectivity index (χ1) is 11.5. The molecule has 1 amide bonds. The molecule has 0 radical (unpaired) electrons. The number of morpholine rings is 1. The summed E-state index contributed by atoms with van der Waals surface area (Å²) in [5.41, 5.74) is -0.552. The standard InChI is InChI=1S/C19H28ClNO4/c1-18(2,3)25-17(22)21-11-16(19(4,5)23)24-12-15(21)10-13-6-8-14(20)9-7-13/h6-9,15-16,23H,10-12H2,1-5H3/t15-,16?/m0/s1. The summed E-state index contributed by atoms with van der Waals surface area (Å²) in [6, 6.07) is 7.39. The third-order valence-corrected chi connectivity index (χ3v) is 4.35. The average Bonchev–Trinajstić information content (AvgIpc) is 2.47. The molecular weight excluding hydrogens is 342 g/mol. The van der Waals surface area contributed by atoms with Gasteiger partial charge in [-0.05, 0) is 58.7 Å². The molecule has 1 unspecified atom stereocenters. The van der Waals surface area contributed by atoms with Gasteiger partial charge in [-0.25, -0.2) is 4.79 Å². The minimum absolute atomic E-state index is 0.158. The highest BCUT2D eigenvalue weighted by Gasteiger charge is 2.40. The third-order valence-electron chi connectivity index (χ3n) is 4.09. The maximum Gasteiger partial charge on any atom is 0.410 e. The Morgan fingerprint density at radius 1 is 1.28 bits per heavy atom. The molecule has 1 fully saturated rings. The first kappa shape index (κ1) is 20.0. The van der Waals surface area contributed by atoms with E-state index in [1.165, 1.54) is 0 Å². The molecule has 1 aromatic carbocycles. The number of nitrogens with zero attached hydrogens (tertiary/aromatic N) is 1. The maximum absolute atomic E-state index is 12.7. The second-order valence-corrected chi connectivity index (χ2v) is 8.53. The Kier molecular flexibility index (Phi) is 6.02. The Hall–Kier alpha value is -1.30. The summed E-state index contributed by atoms with van der Waals surface area (Å²) >= 11 is 5.94. The summed E-state index contributed by atoms with van der Waals surface area (Å²) in [7, 11) is 0. The molecule has 5 nitrogen and oxygen atoms in total. The zero-order valence-electron chi connectivity index (χ0n) is 15.6. The van der Waals surface area contributed by atoms with Crippen molar-refractivity contribution in [2.24, 2.45) is 0 Å². The van der Waals surface area contributed by atoms with E-state index >= 15 is 0 Å². The summed E-state index contributed by atoms with van der Waals surface area (Å²) in [4.78, 5) is 14.4. The van der Waals surface area contributed by atoms with Crippen molar-refractivity contribution < 1.29 is 19.4 Å². The quantitative estimate of drug-likeness (QED) is 0.883. The van der Waals surface area contributed by atoms with Crippen LogP contribution in [0.2, 0.25) is 5.02 Å². The molecule has 1 aliphatic heterocycles. The van der Waals surface area contributed by atoms with Crippen molar-refractivity contribution in [3.63, 3.8) is 0 Å². The van der Waals surface area contributed by atoms with Crippen molar-refractivity contribution in [3.8, 4) is 0 Å². The Morgan fingerprint density at radius 3 is 2.40 bits per heavy atom. The van der Waals surface area contributed by atoms with Crippen LogP contribution in [-0.4, -0.2) is 52.6 Å². The second kappa shape index (κ2) is 7.52. The average molecular weight is 370 g/mol. The molecule has 2 rings (SSSR count). The lowest BCUT2D eigenvalue weighted by atomic mass is 9.97. The van der Waals surface area contributed by atoms with Crippen molar-refractivity contribution in [2.45, 2.75) is 64.4 Å². The van der Waals surface area contributed by atoms with Crippen LogP contribution in [0.25, 0.3) is 0 Å². The van der Waals surface area contributed by atoms with Gasteiger partial charge < -0.3 is 14.6 Å². The van der Waals surface area contributed by atoms with Crippen LogP contribution >= 0.6 is 11.6 Å². The Bertz CT molecular complexity index is 589. The lowest BCUT2D eigenvalue weighted by Crippen LogP contribution is -2.59. The Morgan fingerprint density at radius 2 is 1.88 bits per heavy atom. The number of carbonyl (C=O) groups excluding carboxylic acids is 1.